The summed E-state index contributed by atoms with van der Waals surface area (Å²) >= 11 is 1.63. The van der Waals surface area contributed by atoms with Gasteiger partial charge >= 0.3 is 0 Å². The van der Waals surface area contributed by atoms with Crippen LogP contribution in [-0.4, -0.2) is 38.9 Å². The maximum atomic E-state index is 12.5. The number of imide groups is 1. The minimum Gasteiger partial charge on any atom is -0.311 e. The molecule has 3 amide bonds. The molecule has 1 saturated heterocycles. The number of likely N-dealkylation sites (tertiary alicyclic amines) is 1. The molecule has 7 nitrogen and oxygen atoms in total. The molecule has 2 aliphatic rings. The highest BCUT2D eigenvalue weighted by Gasteiger charge is 2.47. The molecule has 1 saturated carbocycles. The molecule has 2 fully saturated rings. The van der Waals surface area contributed by atoms with Crippen LogP contribution in [0.3, 0.4) is 0 Å². The van der Waals surface area contributed by atoms with E-state index >= 15 is 0 Å². The van der Waals surface area contributed by atoms with Gasteiger partial charge in [-0.25, -0.2) is 4.68 Å². The smallest absolute Gasteiger partial charge is 0.233 e. The first-order valence-electron chi connectivity index (χ1n) is 9.33. The van der Waals surface area contributed by atoms with E-state index in [4.69, 9.17) is 0 Å². The lowest BCUT2D eigenvalue weighted by Gasteiger charge is -2.19. The minimum absolute atomic E-state index is 0.0970. The van der Waals surface area contributed by atoms with Crippen molar-refractivity contribution in [3.63, 3.8) is 0 Å². The first kappa shape index (κ1) is 17.9. The van der Waals surface area contributed by atoms with Gasteiger partial charge in [-0.3, -0.25) is 19.3 Å². The average Bonchev–Trinajstić information content (AvgIpc) is 3.38. The Labute approximate surface area is 161 Å². The maximum absolute atomic E-state index is 12.5. The summed E-state index contributed by atoms with van der Waals surface area (Å²) in [7, 11) is 0. The van der Waals surface area contributed by atoms with Crippen molar-refractivity contribution in [2.45, 2.75) is 38.6 Å². The van der Waals surface area contributed by atoms with E-state index < -0.39 is 0 Å². The van der Waals surface area contributed by atoms with Crippen molar-refractivity contribution in [3.8, 4) is 0 Å². The van der Waals surface area contributed by atoms with Crippen molar-refractivity contribution in [2.75, 3.05) is 11.9 Å². The lowest BCUT2D eigenvalue weighted by Crippen LogP contribution is -2.34. The van der Waals surface area contributed by atoms with Gasteiger partial charge in [0.2, 0.25) is 17.7 Å². The fraction of sp³-hybridized carbons (Fsp3) is 0.474. The van der Waals surface area contributed by atoms with Crippen LogP contribution >= 0.6 is 11.3 Å². The van der Waals surface area contributed by atoms with Crippen LogP contribution in [0.2, 0.25) is 0 Å². The number of aromatic nitrogens is 2. The van der Waals surface area contributed by atoms with E-state index in [0.29, 0.717) is 12.4 Å². The highest BCUT2D eigenvalue weighted by molar-refractivity contribution is 7.09. The molecule has 4 rings (SSSR count). The fourth-order valence-corrected chi connectivity index (χ4v) is 4.67. The molecule has 2 aromatic rings. The van der Waals surface area contributed by atoms with E-state index in [9.17, 15) is 14.4 Å². The van der Waals surface area contributed by atoms with E-state index in [2.05, 4.69) is 10.4 Å². The largest absolute Gasteiger partial charge is 0.311 e. The van der Waals surface area contributed by atoms with Crippen LogP contribution in [0, 0.1) is 11.8 Å². The molecule has 0 bridgehead atoms. The maximum Gasteiger partial charge on any atom is 0.233 e. The van der Waals surface area contributed by atoms with Crippen molar-refractivity contribution in [3.05, 3.63) is 34.7 Å². The summed E-state index contributed by atoms with van der Waals surface area (Å²) in [6.07, 6.45) is 5.33. The van der Waals surface area contributed by atoms with E-state index in [-0.39, 0.29) is 42.5 Å². The van der Waals surface area contributed by atoms with Gasteiger partial charge in [0.15, 0.2) is 0 Å². The fourth-order valence-electron chi connectivity index (χ4n) is 3.99. The highest BCUT2D eigenvalue weighted by Crippen LogP contribution is 2.37. The first-order chi connectivity index (χ1) is 13.1. The molecule has 3 heterocycles. The Kier molecular flexibility index (Phi) is 5.07. The number of carbonyl (C=O) groups excluding carboxylic acids is 3. The van der Waals surface area contributed by atoms with Crippen LogP contribution in [-0.2, 0) is 20.9 Å². The Hall–Kier alpha value is -2.48. The number of hydrogen-bond donors (Lipinski definition) is 1. The number of anilines is 1. The van der Waals surface area contributed by atoms with Crippen LogP contribution in [0.5, 0.6) is 0 Å². The van der Waals surface area contributed by atoms with Gasteiger partial charge < -0.3 is 5.32 Å². The molecule has 0 radical (unpaired) electrons. The summed E-state index contributed by atoms with van der Waals surface area (Å²) in [5.41, 5.74) is 0. The number of thiophene rings is 1. The van der Waals surface area contributed by atoms with Gasteiger partial charge in [0.1, 0.15) is 5.82 Å². The van der Waals surface area contributed by atoms with Crippen molar-refractivity contribution in [2.24, 2.45) is 11.8 Å². The monoisotopic (exact) mass is 386 g/mol. The third kappa shape index (κ3) is 3.66. The third-order valence-corrected chi connectivity index (χ3v) is 6.23. The lowest BCUT2D eigenvalue weighted by molar-refractivity contribution is -0.140. The molecule has 2 atom stereocenters. The molecule has 1 N–H and O–H groups in total. The van der Waals surface area contributed by atoms with E-state index in [1.165, 1.54) is 4.90 Å². The molecular weight excluding hydrogens is 364 g/mol. The predicted octanol–water partition coefficient (Wildman–Crippen LogP) is 2.50. The van der Waals surface area contributed by atoms with Gasteiger partial charge in [-0.2, -0.15) is 5.10 Å². The molecule has 1 aliphatic carbocycles. The van der Waals surface area contributed by atoms with E-state index in [1.54, 1.807) is 28.3 Å². The van der Waals surface area contributed by atoms with E-state index in [1.807, 2.05) is 17.5 Å². The Bertz CT molecular complexity index is 821. The number of carbonyl (C=O) groups is 3. The summed E-state index contributed by atoms with van der Waals surface area (Å²) < 4.78 is 1.73. The predicted molar refractivity (Wildman–Crippen MR) is 101 cm³/mol. The highest BCUT2D eigenvalue weighted by atomic mass is 32.1. The summed E-state index contributed by atoms with van der Waals surface area (Å²) in [5.74, 6) is -0.136. The quantitative estimate of drug-likeness (QED) is 0.773. The number of fused-ring (bicyclic) bond motifs is 1. The molecule has 142 valence electrons. The topological polar surface area (TPSA) is 84.3 Å². The van der Waals surface area contributed by atoms with Gasteiger partial charge in [-0.15, -0.1) is 11.3 Å². The third-order valence-electron chi connectivity index (χ3n) is 5.36. The zero-order valence-electron chi connectivity index (χ0n) is 15.0. The van der Waals surface area contributed by atoms with Crippen molar-refractivity contribution in [1.82, 2.24) is 14.7 Å². The van der Waals surface area contributed by atoms with Crippen LogP contribution in [0.25, 0.3) is 0 Å². The van der Waals surface area contributed by atoms with Gasteiger partial charge in [0, 0.05) is 23.9 Å². The van der Waals surface area contributed by atoms with Gasteiger partial charge in [-0.1, -0.05) is 18.9 Å². The Morgan fingerprint density at radius 1 is 1.19 bits per heavy atom. The minimum atomic E-state index is -0.224. The Morgan fingerprint density at radius 3 is 2.59 bits per heavy atom. The molecule has 0 unspecified atom stereocenters. The second kappa shape index (κ2) is 7.64. The number of rotatable bonds is 6. The van der Waals surface area contributed by atoms with Gasteiger partial charge in [0.05, 0.1) is 24.6 Å². The number of nitrogens with one attached hydrogen (secondary N) is 1. The Balaban J connectivity index is 1.33. The van der Waals surface area contributed by atoms with Crippen molar-refractivity contribution in [1.29, 1.82) is 0 Å². The summed E-state index contributed by atoms with van der Waals surface area (Å²) in [5, 5.41) is 9.08. The second-order valence-corrected chi connectivity index (χ2v) is 8.11. The van der Waals surface area contributed by atoms with Crippen LogP contribution in [0.15, 0.2) is 29.8 Å². The molecule has 2 aromatic heterocycles. The van der Waals surface area contributed by atoms with Crippen molar-refractivity contribution < 1.29 is 14.4 Å². The lowest BCUT2D eigenvalue weighted by atomic mass is 9.81. The number of hydrogen-bond acceptors (Lipinski definition) is 5. The number of nitrogens with zero attached hydrogens (tertiary/aromatic N) is 3. The van der Waals surface area contributed by atoms with Crippen molar-refractivity contribution >= 4 is 34.9 Å². The molecule has 27 heavy (non-hydrogen) atoms. The molecule has 8 heteroatoms. The molecule has 1 aliphatic heterocycles. The van der Waals surface area contributed by atoms with Crippen LogP contribution in [0.4, 0.5) is 5.82 Å². The zero-order valence-corrected chi connectivity index (χ0v) is 15.8. The second-order valence-electron chi connectivity index (χ2n) is 7.08. The molecular formula is C19H22N4O3S. The van der Waals surface area contributed by atoms with Gasteiger partial charge in [-0.05, 0) is 24.3 Å². The normalized spacial score (nSPS) is 22.1. The first-order valence-corrected chi connectivity index (χ1v) is 10.2. The summed E-state index contributed by atoms with van der Waals surface area (Å²) in [6.45, 7) is 0.738. The standard InChI is InChI=1S/C19H22N4O3S/c24-17(21-16-7-9-20-23(16)12-13-4-3-11-27-13)8-10-22-18(25)14-5-1-2-6-15(14)19(22)26/h3-4,7,9,11,14-15H,1-2,5-6,8,10,12H2,(H,21,24)/t14-,15+. The Morgan fingerprint density at radius 2 is 1.93 bits per heavy atom. The SMILES string of the molecule is O=C(CCN1C(=O)[C@H]2CCCC[C@H]2C1=O)Nc1ccnn1Cc1cccs1. The molecule has 0 aromatic carbocycles. The van der Waals surface area contributed by atoms with Crippen LogP contribution < -0.4 is 5.32 Å². The number of amides is 3. The summed E-state index contributed by atoms with van der Waals surface area (Å²) in [6, 6.07) is 5.73. The van der Waals surface area contributed by atoms with Gasteiger partial charge in [0.25, 0.3) is 0 Å². The average molecular weight is 386 g/mol. The van der Waals surface area contributed by atoms with Crippen LogP contribution in [0.1, 0.15) is 37.0 Å². The zero-order chi connectivity index (χ0) is 18.8. The summed E-state index contributed by atoms with van der Waals surface area (Å²) in [4.78, 5) is 39.7. The van der Waals surface area contributed by atoms with E-state index in [0.717, 1.165) is 30.6 Å². The molecule has 0 spiro atoms.